The summed E-state index contributed by atoms with van der Waals surface area (Å²) in [5, 5.41) is 2.77. The van der Waals surface area contributed by atoms with Crippen molar-refractivity contribution < 1.29 is 22.4 Å². The van der Waals surface area contributed by atoms with Crippen molar-refractivity contribution >= 4 is 21.8 Å². The fourth-order valence-electron chi connectivity index (χ4n) is 3.69. The van der Waals surface area contributed by atoms with E-state index in [2.05, 4.69) is 5.32 Å². The number of rotatable bonds is 6. The number of hydrogen-bond acceptors (Lipinski definition) is 4. The van der Waals surface area contributed by atoms with E-state index in [9.17, 15) is 22.4 Å². The zero-order valence-corrected chi connectivity index (χ0v) is 16.6. The molecular weight excluding hydrogens is 385 g/mol. The molecule has 2 aliphatic rings. The quantitative estimate of drug-likeness (QED) is 0.766. The highest BCUT2D eigenvalue weighted by Gasteiger charge is 2.33. The minimum absolute atomic E-state index is 0.0196. The molecule has 3 rings (SSSR count). The van der Waals surface area contributed by atoms with Gasteiger partial charge in [0.1, 0.15) is 5.82 Å². The lowest BCUT2D eigenvalue weighted by Crippen LogP contribution is -2.45. The van der Waals surface area contributed by atoms with Crippen molar-refractivity contribution in [3.8, 4) is 0 Å². The molecule has 2 heterocycles. The largest absolute Gasteiger partial charge is 0.355 e. The summed E-state index contributed by atoms with van der Waals surface area (Å²) in [4.78, 5) is 26.3. The number of carbonyl (C=O) groups is 2. The molecule has 0 aromatic heterocycles. The maximum atomic E-state index is 13.1. The van der Waals surface area contributed by atoms with Crippen LogP contribution in [0, 0.1) is 11.7 Å². The Morgan fingerprint density at radius 1 is 1.07 bits per heavy atom. The van der Waals surface area contributed by atoms with Crippen molar-refractivity contribution in [3.05, 3.63) is 30.1 Å². The summed E-state index contributed by atoms with van der Waals surface area (Å²) in [6, 6.07) is 4.69. The minimum Gasteiger partial charge on any atom is -0.355 e. The normalized spacial score (nSPS) is 20.9. The third-order valence-electron chi connectivity index (χ3n) is 5.30. The van der Waals surface area contributed by atoms with Crippen LogP contribution in [0.4, 0.5) is 4.39 Å². The number of sulfonamides is 1. The Bertz CT molecular complexity index is 807. The molecule has 0 saturated carbocycles. The molecule has 0 bridgehead atoms. The molecule has 7 nitrogen and oxygen atoms in total. The second-order valence-electron chi connectivity index (χ2n) is 7.29. The first kappa shape index (κ1) is 20.7. The first-order chi connectivity index (χ1) is 13.4. The highest BCUT2D eigenvalue weighted by atomic mass is 32.2. The van der Waals surface area contributed by atoms with Crippen molar-refractivity contribution in [1.29, 1.82) is 0 Å². The van der Waals surface area contributed by atoms with Gasteiger partial charge >= 0.3 is 0 Å². The van der Waals surface area contributed by atoms with Crippen LogP contribution in [0.1, 0.15) is 32.1 Å². The fraction of sp³-hybridized carbons (Fsp3) is 0.579. The van der Waals surface area contributed by atoms with Crippen LogP contribution < -0.4 is 5.32 Å². The maximum Gasteiger partial charge on any atom is 0.243 e. The SMILES string of the molecule is O=C(NCCC(=O)N1CCCC1)C1CCCN(S(=O)(=O)c2ccc(F)cc2)C1. The number of nitrogens with zero attached hydrogens (tertiary/aromatic N) is 2. The smallest absolute Gasteiger partial charge is 0.243 e. The molecule has 2 fully saturated rings. The number of halogens is 1. The second-order valence-corrected chi connectivity index (χ2v) is 9.22. The van der Waals surface area contributed by atoms with Gasteiger partial charge in [-0.2, -0.15) is 4.31 Å². The number of hydrogen-bond donors (Lipinski definition) is 1. The Morgan fingerprint density at radius 2 is 1.75 bits per heavy atom. The van der Waals surface area contributed by atoms with Gasteiger partial charge in [-0.25, -0.2) is 12.8 Å². The van der Waals surface area contributed by atoms with Crippen LogP contribution in [0.5, 0.6) is 0 Å². The summed E-state index contributed by atoms with van der Waals surface area (Å²) >= 11 is 0. The molecule has 28 heavy (non-hydrogen) atoms. The molecule has 9 heteroatoms. The van der Waals surface area contributed by atoms with Gasteiger partial charge in [0.25, 0.3) is 0 Å². The predicted molar refractivity (Wildman–Crippen MR) is 101 cm³/mol. The average molecular weight is 411 g/mol. The number of amides is 2. The van der Waals surface area contributed by atoms with Gasteiger partial charge < -0.3 is 10.2 Å². The van der Waals surface area contributed by atoms with E-state index in [1.165, 1.54) is 16.4 Å². The average Bonchev–Trinajstić information content (AvgIpc) is 3.23. The van der Waals surface area contributed by atoms with Crippen molar-refractivity contribution in [2.24, 2.45) is 5.92 Å². The topological polar surface area (TPSA) is 86.8 Å². The van der Waals surface area contributed by atoms with E-state index in [0.29, 0.717) is 19.4 Å². The van der Waals surface area contributed by atoms with E-state index < -0.39 is 21.8 Å². The Morgan fingerprint density at radius 3 is 2.43 bits per heavy atom. The third-order valence-corrected chi connectivity index (χ3v) is 7.18. The van der Waals surface area contributed by atoms with Crippen LogP contribution in [0.3, 0.4) is 0 Å². The molecule has 0 radical (unpaired) electrons. The van der Waals surface area contributed by atoms with Crippen molar-refractivity contribution in [2.45, 2.75) is 37.0 Å². The Labute approximate surface area is 164 Å². The molecule has 1 aromatic carbocycles. The fourth-order valence-corrected chi connectivity index (χ4v) is 5.22. The van der Waals surface area contributed by atoms with E-state index in [0.717, 1.165) is 38.1 Å². The Kier molecular flexibility index (Phi) is 6.66. The van der Waals surface area contributed by atoms with Gasteiger partial charge in [-0.1, -0.05) is 0 Å². The second kappa shape index (κ2) is 9.00. The van der Waals surface area contributed by atoms with Crippen LogP contribution in [-0.4, -0.2) is 62.2 Å². The summed E-state index contributed by atoms with van der Waals surface area (Å²) < 4.78 is 39.8. The summed E-state index contributed by atoms with van der Waals surface area (Å²) in [5.41, 5.74) is 0. The van der Waals surface area contributed by atoms with Crippen LogP contribution in [0.15, 0.2) is 29.2 Å². The van der Waals surface area contributed by atoms with Crippen molar-refractivity contribution in [2.75, 3.05) is 32.7 Å². The molecule has 0 aliphatic carbocycles. The van der Waals surface area contributed by atoms with Crippen LogP contribution in [0.25, 0.3) is 0 Å². The van der Waals surface area contributed by atoms with Gasteiger partial charge in [0.05, 0.1) is 10.8 Å². The van der Waals surface area contributed by atoms with E-state index in [1.54, 1.807) is 0 Å². The van der Waals surface area contributed by atoms with Crippen molar-refractivity contribution in [1.82, 2.24) is 14.5 Å². The van der Waals surface area contributed by atoms with Gasteiger partial charge in [0.2, 0.25) is 21.8 Å². The molecule has 0 spiro atoms. The van der Waals surface area contributed by atoms with E-state index in [4.69, 9.17) is 0 Å². The predicted octanol–water partition coefficient (Wildman–Crippen LogP) is 1.36. The molecule has 1 atom stereocenters. The summed E-state index contributed by atoms with van der Waals surface area (Å²) in [7, 11) is -3.76. The minimum atomic E-state index is -3.76. The first-order valence-electron chi connectivity index (χ1n) is 9.69. The monoisotopic (exact) mass is 411 g/mol. The van der Waals surface area contributed by atoms with E-state index in [1.807, 2.05) is 4.90 Å². The maximum absolute atomic E-state index is 13.1. The first-order valence-corrected chi connectivity index (χ1v) is 11.1. The molecule has 2 saturated heterocycles. The van der Waals surface area contributed by atoms with E-state index >= 15 is 0 Å². The lowest BCUT2D eigenvalue weighted by atomic mass is 9.99. The number of nitrogens with one attached hydrogen (secondary N) is 1. The number of benzene rings is 1. The molecule has 1 N–H and O–H groups in total. The van der Waals surface area contributed by atoms with Crippen molar-refractivity contribution in [3.63, 3.8) is 0 Å². The van der Waals surface area contributed by atoms with Gasteiger partial charge in [0, 0.05) is 39.1 Å². The Balaban J connectivity index is 1.52. The zero-order valence-electron chi connectivity index (χ0n) is 15.8. The standard InChI is InChI=1S/C19H26FN3O4S/c20-16-5-7-17(8-6-16)28(26,27)23-13-3-4-15(14-23)19(25)21-10-9-18(24)22-11-1-2-12-22/h5-8,15H,1-4,9-14H2,(H,21,25). The highest BCUT2D eigenvalue weighted by molar-refractivity contribution is 7.89. The number of likely N-dealkylation sites (tertiary alicyclic amines) is 1. The van der Waals surface area contributed by atoms with E-state index in [-0.39, 0.29) is 36.2 Å². The summed E-state index contributed by atoms with van der Waals surface area (Å²) in [5.74, 6) is -1.14. The third kappa shape index (κ3) is 4.88. The lowest BCUT2D eigenvalue weighted by molar-refractivity contribution is -0.130. The zero-order chi connectivity index (χ0) is 20.1. The van der Waals surface area contributed by atoms with Gasteiger partial charge in [-0.3, -0.25) is 9.59 Å². The summed E-state index contributed by atoms with van der Waals surface area (Å²) in [6.07, 6.45) is 3.49. The highest BCUT2D eigenvalue weighted by Crippen LogP contribution is 2.24. The van der Waals surface area contributed by atoms with Gasteiger partial charge in [-0.15, -0.1) is 0 Å². The molecule has 2 aliphatic heterocycles. The molecule has 1 aromatic rings. The van der Waals surface area contributed by atoms with Gasteiger partial charge in [-0.05, 0) is 49.9 Å². The molecule has 154 valence electrons. The molecule has 1 unspecified atom stereocenters. The van der Waals surface area contributed by atoms with Crippen LogP contribution >= 0.6 is 0 Å². The van der Waals surface area contributed by atoms with Crippen LogP contribution in [0.2, 0.25) is 0 Å². The molecular formula is C19H26FN3O4S. The Hall–Kier alpha value is -2.00. The van der Waals surface area contributed by atoms with Gasteiger partial charge in [0.15, 0.2) is 0 Å². The number of piperidine rings is 1. The van der Waals surface area contributed by atoms with Crippen LogP contribution in [-0.2, 0) is 19.6 Å². The molecule has 2 amide bonds. The lowest BCUT2D eigenvalue weighted by Gasteiger charge is -2.31. The summed E-state index contributed by atoms with van der Waals surface area (Å²) in [6.45, 7) is 2.25. The number of carbonyl (C=O) groups excluding carboxylic acids is 2.